The summed E-state index contributed by atoms with van der Waals surface area (Å²) in [6.07, 6.45) is 5.32. The predicted molar refractivity (Wildman–Crippen MR) is 102 cm³/mol. The number of piperidine rings is 1. The summed E-state index contributed by atoms with van der Waals surface area (Å²) >= 11 is 0. The zero-order valence-electron chi connectivity index (χ0n) is 14.8. The first-order valence-corrected chi connectivity index (χ1v) is 9.01. The van der Waals surface area contributed by atoms with E-state index < -0.39 is 0 Å². The highest BCUT2D eigenvalue weighted by Gasteiger charge is 2.23. The maximum Gasteiger partial charge on any atom is 0.239 e. The maximum atomic E-state index is 12.9. The molecule has 0 saturated carbocycles. The average Bonchev–Trinajstić information content (AvgIpc) is 3.16. The van der Waals surface area contributed by atoms with Crippen molar-refractivity contribution in [2.24, 2.45) is 0 Å². The molecule has 4 rings (SSSR count). The van der Waals surface area contributed by atoms with Crippen LogP contribution >= 0.6 is 0 Å². The molecule has 7 nitrogen and oxygen atoms in total. The molecule has 2 aromatic heterocycles. The smallest absolute Gasteiger partial charge is 0.239 e. The average molecular weight is 368 g/mol. The summed E-state index contributed by atoms with van der Waals surface area (Å²) in [5.41, 5.74) is 1.53. The van der Waals surface area contributed by atoms with Crippen LogP contribution in [-0.4, -0.2) is 46.5 Å². The van der Waals surface area contributed by atoms with Crippen LogP contribution in [0.5, 0.6) is 0 Å². The van der Waals surface area contributed by atoms with Crippen LogP contribution in [-0.2, 0) is 4.79 Å². The lowest BCUT2D eigenvalue weighted by atomic mass is 10.1. The number of amides is 1. The quantitative estimate of drug-likeness (QED) is 0.643. The zero-order valence-corrected chi connectivity index (χ0v) is 14.8. The number of hydrogen-bond acceptors (Lipinski definition) is 5. The van der Waals surface area contributed by atoms with Crippen molar-refractivity contribution in [3.8, 4) is 0 Å². The number of carbonyl (C=O) groups is 1. The Bertz CT molecular complexity index is 925. The van der Waals surface area contributed by atoms with E-state index in [9.17, 15) is 9.18 Å². The second kappa shape index (κ2) is 7.61. The molecule has 1 unspecified atom stereocenters. The monoisotopic (exact) mass is 368 g/mol. The number of aromatic nitrogens is 3. The molecular formula is C19H21FN6O. The lowest BCUT2D eigenvalue weighted by molar-refractivity contribution is -0.120. The topological polar surface area (TPSA) is 85.9 Å². The van der Waals surface area contributed by atoms with E-state index in [4.69, 9.17) is 0 Å². The Labute approximate surface area is 156 Å². The number of rotatable bonds is 5. The Morgan fingerprint density at radius 2 is 2.11 bits per heavy atom. The van der Waals surface area contributed by atoms with Gasteiger partial charge >= 0.3 is 0 Å². The summed E-state index contributed by atoms with van der Waals surface area (Å²) in [5.74, 6) is 0.513. The molecule has 3 heterocycles. The molecular weight excluding hydrogens is 347 g/mol. The first kappa shape index (κ1) is 17.3. The first-order chi connectivity index (χ1) is 13.2. The SMILES string of the molecule is O=C(CNc1ccc(F)cc1)NC1CCCN(c2ncnc3[nH]ccc23)C1. The van der Waals surface area contributed by atoms with Crippen LogP contribution in [0.2, 0.25) is 0 Å². The number of fused-ring (bicyclic) bond motifs is 1. The summed E-state index contributed by atoms with van der Waals surface area (Å²) in [4.78, 5) is 26.2. The minimum absolute atomic E-state index is 0.0604. The largest absolute Gasteiger partial charge is 0.376 e. The van der Waals surface area contributed by atoms with Gasteiger partial charge in [-0.2, -0.15) is 0 Å². The standard InChI is InChI=1S/C19H21FN6O/c20-13-3-5-14(6-4-13)22-10-17(27)25-15-2-1-9-26(11-15)19-16-7-8-21-18(16)23-12-24-19/h3-8,12,15,22H,1-2,9-11H2,(H,25,27)(H,21,23,24). The predicted octanol–water partition coefficient (Wildman–Crippen LogP) is 2.29. The highest BCUT2D eigenvalue weighted by molar-refractivity contribution is 5.87. The second-order valence-electron chi connectivity index (χ2n) is 6.65. The van der Waals surface area contributed by atoms with Crippen LogP contribution in [0, 0.1) is 5.82 Å². The fourth-order valence-electron chi connectivity index (χ4n) is 3.43. The highest BCUT2D eigenvalue weighted by atomic mass is 19.1. The van der Waals surface area contributed by atoms with E-state index in [1.807, 2.05) is 12.3 Å². The molecule has 27 heavy (non-hydrogen) atoms. The third-order valence-corrected chi connectivity index (χ3v) is 4.72. The van der Waals surface area contributed by atoms with Gasteiger partial charge in [-0.3, -0.25) is 4.79 Å². The summed E-state index contributed by atoms with van der Waals surface area (Å²) in [7, 11) is 0. The molecule has 0 bridgehead atoms. The number of hydrogen-bond donors (Lipinski definition) is 3. The number of anilines is 2. The summed E-state index contributed by atoms with van der Waals surface area (Å²) in [6.45, 7) is 1.76. The molecule has 1 aliphatic heterocycles. The Kier molecular flexibility index (Phi) is 4.86. The molecule has 1 amide bonds. The second-order valence-corrected chi connectivity index (χ2v) is 6.65. The van der Waals surface area contributed by atoms with Crippen molar-refractivity contribution in [2.75, 3.05) is 29.9 Å². The Morgan fingerprint density at radius 3 is 2.96 bits per heavy atom. The number of carbonyl (C=O) groups excluding carboxylic acids is 1. The maximum absolute atomic E-state index is 12.9. The number of H-pyrrole nitrogens is 1. The van der Waals surface area contributed by atoms with Crippen molar-refractivity contribution in [2.45, 2.75) is 18.9 Å². The van der Waals surface area contributed by atoms with Crippen LogP contribution < -0.4 is 15.5 Å². The van der Waals surface area contributed by atoms with Gasteiger partial charge in [-0.25, -0.2) is 14.4 Å². The molecule has 1 fully saturated rings. The van der Waals surface area contributed by atoms with Crippen molar-refractivity contribution >= 4 is 28.4 Å². The third kappa shape index (κ3) is 3.99. The Balaban J connectivity index is 1.35. The normalized spacial score (nSPS) is 17.1. The summed E-state index contributed by atoms with van der Waals surface area (Å²) < 4.78 is 12.9. The number of nitrogens with one attached hydrogen (secondary N) is 3. The van der Waals surface area contributed by atoms with E-state index in [0.717, 1.165) is 36.2 Å². The third-order valence-electron chi connectivity index (χ3n) is 4.72. The van der Waals surface area contributed by atoms with E-state index in [2.05, 4.69) is 30.5 Å². The molecule has 1 aliphatic rings. The molecule has 0 aliphatic carbocycles. The molecule has 1 aromatic carbocycles. The Hall–Kier alpha value is -3.16. The fourth-order valence-corrected chi connectivity index (χ4v) is 3.43. The van der Waals surface area contributed by atoms with Crippen molar-refractivity contribution in [3.05, 3.63) is 48.7 Å². The minimum atomic E-state index is -0.298. The molecule has 1 atom stereocenters. The van der Waals surface area contributed by atoms with Crippen molar-refractivity contribution in [1.29, 1.82) is 0 Å². The van der Waals surface area contributed by atoms with Gasteiger partial charge in [-0.15, -0.1) is 0 Å². The molecule has 140 valence electrons. The van der Waals surface area contributed by atoms with Crippen LogP contribution in [0.15, 0.2) is 42.9 Å². The van der Waals surface area contributed by atoms with Crippen molar-refractivity contribution in [3.63, 3.8) is 0 Å². The summed E-state index contributed by atoms with van der Waals surface area (Å²) in [6, 6.07) is 7.99. The number of aromatic amines is 1. The number of nitrogens with zero attached hydrogens (tertiary/aromatic N) is 3. The van der Waals surface area contributed by atoms with Gasteiger partial charge in [-0.1, -0.05) is 0 Å². The molecule has 3 aromatic rings. The van der Waals surface area contributed by atoms with Gasteiger partial charge < -0.3 is 20.5 Å². The molecule has 3 N–H and O–H groups in total. The van der Waals surface area contributed by atoms with E-state index >= 15 is 0 Å². The van der Waals surface area contributed by atoms with Crippen LogP contribution in [0.4, 0.5) is 15.9 Å². The Morgan fingerprint density at radius 1 is 1.26 bits per heavy atom. The molecule has 8 heteroatoms. The lowest BCUT2D eigenvalue weighted by Crippen LogP contribution is -2.49. The van der Waals surface area contributed by atoms with Gasteiger partial charge in [-0.05, 0) is 43.2 Å². The zero-order chi connectivity index (χ0) is 18.6. The van der Waals surface area contributed by atoms with Gasteiger partial charge in [0.1, 0.15) is 23.6 Å². The van der Waals surface area contributed by atoms with E-state index in [1.165, 1.54) is 12.1 Å². The number of halogens is 1. The fraction of sp³-hybridized carbons (Fsp3) is 0.316. The number of benzene rings is 1. The van der Waals surface area contributed by atoms with Gasteiger partial charge in [0.25, 0.3) is 0 Å². The van der Waals surface area contributed by atoms with Crippen molar-refractivity contribution < 1.29 is 9.18 Å². The van der Waals surface area contributed by atoms with Gasteiger partial charge in [0.15, 0.2) is 0 Å². The molecule has 0 spiro atoms. The molecule has 0 radical (unpaired) electrons. The van der Waals surface area contributed by atoms with Crippen LogP contribution in [0.1, 0.15) is 12.8 Å². The first-order valence-electron chi connectivity index (χ1n) is 9.01. The van der Waals surface area contributed by atoms with Gasteiger partial charge in [0.2, 0.25) is 5.91 Å². The highest BCUT2D eigenvalue weighted by Crippen LogP contribution is 2.25. The lowest BCUT2D eigenvalue weighted by Gasteiger charge is -2.34. The minimum Gasteiger partial charge on any atom is -0.376 e. The van der Waals surface area contributed by atoms with Crippen molar-refractivity contribution in [1.82, 2.24) is 20.3 Å². The van der Waals surface area contributed by atoms with Gasteiger partial charge in [0, 0.05) is 31.0 Å². The van der Waals surface area contributed by atoms with E-state index in [0.29, 0.717) is 12.2 Å². The summed E-state index contributed by atoms with van der Waals surface area (Å²) in [5, 5.41) is 7.07. The van der Waals surface area contributed by atoms with Crippen LogP contribution in [0.3, 0.4) is 0 Å². The van der Waals surface area contributed by atoms with E-state index in [-0.39, 0.29) is 24.3 Å². The van der Waals surface area contributed by atoms with E-state index in [1.54, 1.807) is 18.5 Å². The molecule has 1 saturated heterocycles. The van der Waals surface area contributed by atoms with Gasteiger partial charge in [0.05, 0.1) is 11.9 Å². The van der Waals surface area contributed by atoms with Crippen LogP contribution in [0.25, 0.3) is 11.0 Å².